The van der Waals surface area contributed by atoms with Crippen molar-refractivity contribution in [2.45, 2.75) is 0 Å². The summed E-state index contributed by atoms with van der Waals surface area (Å²) in [4.78, 5) is 4.32. The number of halogens is 3. The number of aromatic nitrogens is 1. The van der Waals surface area contributed by atoms with E-state index in [4.69, 9.17) is 44.5 Å². The summed E-state index contributed by atoms with van der Waals surface area (Å²) in [6, 6.07) is 10.2. The van der Waals surface area contributed by atoms with E-state index in [0.717, 1.165) is 0 Å². The Bertz CT molecular complexity index is 865. The van der Waals surface area contributed by atoms with Crippen LogP contribution < -0.4 is 0 Å². The number of nitriles is 1. The third-order valence-corrected chi connectivity index (χ3v) is 3.56. The molecule has 1 heterocycles. The minimum Gasteiger partial charge on any atom is -0.435 e. The summed E-state index contributed by atoms with van der Waals surface area (Å²) < 4.78 is 5.63. The van der Waals surface area contributed by atoms with Gasteiger partial charge in [-0.1, -0.05) is 34.8 Å². The molecule has 98 valence electrons. The van der Waals surface area contributed by atoms with Crippen LogP contribution >= 0.6 is 34.8 Å². The van der Waals surface area contributed by atoms with E-state index in [1.807, 2.05) is 6.07 Å². The number of rotatable bonds is 1. The molecule has 0 fully saturated rings. The maximum Gasteiger partial charge on any atom is 0.227 e. The van der Waals surface area contributed by atoms with Crippen molar-refractivity contribution in [1.29, 1.82) is 5.26 Å². The van der Waals surface area contributed by atoms with Crippen molar-refractivity contribution < 1.29 is 4.42 Å². The molecule has 0 bridgehead atoms. The van der Waals surface area contributed by atoms with E-state index in [0.29, 0.717) is 43.2 Å². The Labute approximate surface area is 129 Å². The van der Waals surface area contributed by atoms with Gasteiger partial charge in [0.1, 0.15) is 11.6 Å². The van der Waals surface area contributed by atoms with Crippen molar-refractivity contribution in [3.63, 3.8) is 0 Å². The second kappa shape index (κ2) is 4.99. The number of benzene rings is 2. The SMILES string of the molecule is N#Cc1ccc(-c2nc3cc(Cl)cc(Cl)c3o2)cc1Cl. The molecule has 0 aliphatic carbocycles. The summed E-state index contributed by atoms with van der Waals surface area (Å²) >= 11 is 18.0. The van der Waals surface area contributed by atoms with Crippen molar-refractivity contribution in [2.24, 2.45) is 0 Å². The molecule has 0 saturated heterocycles. The number of hydrogen-bond acceptors (Lipinski definition) is 3. The zero-order valence-corrected chi connectivity index (χ0v) is 12.1. The van der Waals surface area contributed by atoms with E-state index in [1.165, 1.54) is 0 Å². The van der Waals surface area contributed by atoms with Gasteiger partial charge in [-0.3, -0.25) is 0 Å². The zero-order valence-electron chi connectivity index (χ0n) is 9.82. The Morgan fingerprint density at radius 3 is 2.55 bits per heavy atom. The molecule has 0 saturated carbocycles. The lowest BCUT2D eigenvalue weighted by molar-refractivity contribution is 0.620. The molecular weight excluding hydrogens is 319 g/mol. The maximum absolute atomic E-state index is 8.86. The number of hydrogen-bond donors (Lipinski definition) is 0. The van der Waals surface area contributed by atoms with Crippen LogP contribution in [0.1, 0.15) is 5.56 Å². The van der Waals surface area contributed by atoms with Crippen molar-refractivity contribution in [1.82, 2.24) is 4.98 Å². The van der Waals surface area contributed by atoms with Gasteiger partial charge >= 0.3 is 0 Å². The summed E-state index contributed by atoms with van der Waals surface area (Å²) in [5.74, 6) is 0.371. The van der Waals surface area contributed by atoms with Crippen LogP contribution in [0.3, 0.4) is 0 Å². The quantitative estimate of drug-likeness (QED) is 0.608. The molecule has 20 heavy (non-hydrogen) atoms. The molecule has 0 atom stereocenters. The van der Waals surface area contributed by atoms with Crippen LogP contribution in [-0.4, -0.2) is 4.98 Å². The molecule has 2 aromatic carbocycles. The lowest BCUT2D eigenvalue weighted by atomic mass is 10.1. The van der Waals surface area contributed by atoms with E-state index < -0.39 is 0 Å². The maximum atomic E-state index is 8.86. The van der Waals surface area contributed by atoms with Crippen LogP contribution in [0.5, 0.6) is 0 Å². The fraction of sp³-hybridized carbons (Fsp3) is 0. The smallest absolute Gasteiger partial charge is 0.227 e. The highest BCUT2D eigenvalue weighted by Crippen LogP contribution is 2.33. The van der Waals surface area contributed by atoms with E-state index in [2.05, 4.69) is 4.98 Å². The van der Waals surface area contributed by atoms with Gasteiger partial charge in [0.2, 0.25) is 5.89 Å². The van der Waals surface area contributed by atoms with Crippen LogP contribution in [0.2, 0.25) is 15.1 Å². The Morgan fingerprint density at radius 1 is 1.05 bits per heavy atom. The van der Waals surface area contributed by atoms with Gasteiger partial charge in [-0.05, 0) is 30.3 Å². The van der Waals surface area contributed by atoms with Gasteiger partial charge in [0.15, 0.2) is 5.58 Å². The van der Waals surface area contributed by atoms with Crippen LogP contribution in [0.4, 0.5) is 0 Å². The van der Waals surface area contributed by atoms with Crippen molar-refractivity contribution in [2.75, 3.05) is 0 Å². The summed E-state index contributed by atoms with van der Waals surface area (Å²) in [6.45, 7) is 0. The van der Waals surface area contributed by atoms with E-state index >= 15 is 0 Å². The van der Waals surface area contributed by atoms with Crippen LogP contribution in [-0.2, 0) is 0 Å². The minimum absolute atomic E-state index is 0.344. The van der Waals surface area contributed by atoms with Gasteiger partial charge in [-0.25, -0.2) is 4.98 Å². The Kier molecular flexibility index (Phi) is 3.31. The predicted octanol–water partition coefficient (Wildman–Crippen LogP) is 5.33. The molecular formula is C14H5Cl3N2O. The van der Waals surface area contributed by atoms with E-state index in [9.17, 15) is 0 Å². The molecule has 6 heteroatoms. The van der Waals surface area contributed by atoms with Gasteiger partial charge in [0.05, 0.1) is 15.6 Å². The van der Waals surface area contributed by atoms with Crippen molar-refractivity contribution >= 4 is 45.9 Å². The standard InChI is InChI=1S/C14H5Cl3N2O/c15-9-4-11(17)13-12(5-9)19-14(20-13)7-1-2-8(6-18)10(16)3-7/h1-5H. The largest absolute Gasteiger partial charge is 0.435 e. The topological polar surface area (TPSA) is 49.8 Å². The molecule has 0 unspecified atom stereocenters. The molecule has 0 aliphatic heterocycles. The number of oxazole rings is 1. The fourth-order valence-corrected chi connectivity index (χ4v) is 2.57. The molecule has 0 aliphatic rings. The highest BCUT2D eigenvalue weighted by atomic mass is 35.5. The van der Waals surface area contributed by atoms with Gasteiger partial charge in [0.25, 0.3) is 0 Å². The fourth-order valence-electron chi connectivity index (χ4n) is 1.82. The summed E-state index contributed by atoms with van der Waals surface area (Å²) in [6.07, 6.45) is 0. The summed E-state index contributed by atoms with van der Waals surface area (Å²) in [5.41, 5.74) is 2.09. The molecule has 0 amide bonds. The van der Waals surface area contributed by atoms with Crippen molar-refractivity contribution in [3.05, 3.63) is 51.0 Å². The van der Waals surface area contributed by atoms with E-state index in [-0.39, 0.29) is 0 Å². The van der Waals surface area contributed by atoms with Gasteiger partial charge < -0.3 is 4.42 Å². The number of nitrogens with zero attached hydrogens (tertiary/aromatic N) is 2. The number of fused-ring (bicyclic) bond motifs is 1. The minimum atomic E-state index is 0.344. The van der Waals surface area contributed by atoms with Crippen LogP contribution in [0, 0.1) is 11.3 Å². The Hall–Kier alpha value is -1.73. The predicted molar refractivity (Wildman–Crippen MR) is 79.2 cm³/mol. The van der Waals surface area contributed by atoms with Crippen molar-refractivity contribution in [3.8, 4) is 17.5 Å². The van der Waals surface area contributed by atoms with Crippen LogP contribution in [0.25, 0.3) is 22.6 Å². The average Bonchev–Trinajstić information content (AvgIpc) is 2.82. The Morgan fingerprint density at radius 2 is 1.85 bits per heavy atom. The normalized spacial score (nSPS) is 10.7. The lowest BCUT2D eigenvalue weighted by Crippen LogP contribution is -1.81. The first-order chi connectivity index (χ1) is 9.58. The molecule has 0 spiro atoms. The summed E-state index contributed by atoms with van der Waals surface area (Å²) in [7, 11) is 0. The Balaban J connectivity index is 2.18. The molecule has 0 radical (unpaired) electrons. The molecule has 0 N–H and O–H groups in total. The van der Waals surface area contributed by atoms with Gasteiger partial charge in [-0.2, -0.15) is 5.26 Å². The third kappa shape index (κ3) is 2.23. The molecule has 3 rings (SSSR count). The summed E-state index contributed by atoms with van der Waals surface area (Å²) in [5, 5.41) is 10.1. The van der Waals surface area contributed by atoms with Gasteiger partial charge in [0, 0.05) is 10.6 Å². The lowest BCUT2D eigenvalue weighted by Gasteiger charge is -1.97. The highest BCUT2D eigenvalue weighted by Gasteiger charge is 2.13. The molecule has 1 aromatic heterocycles. The second-order valence-electron chi connectivity index (χ2n) is 4.06. The van der Waals surface area contributed by atoms with Gasteiger partial charge in [-0.15, -0.1) is 0 Å². The average molecular weight is 324 g/mol. The second-order valence-corrected chi connectivity index (χ2v) is 5.31. The first kappa shape index (κ1) is 13.3. The first-order valence-electron chi connectivity index (χ1n) is 5.54. The third-order valence-electron chi connectivity index (χ3n) is 2.75. The van der Waals surface area contributed by atoms with E-state index in [1.54, 1.807) is 30.3 Å². The first-order valence-corrected chi connectivity index (χ1v) is 6.67. The monoisotopic (exact) mass is 322 g/mol. The molecule has 3 nitrogen and oxygen atoms in total. The van der Waals surface area contributed by atoms with Crippen LogP contribution in [0.15, 0.2) is 34.7 Å². The highest BCUT2D eigenvalue weighted by molar-refractivity contribution is 6.38. The zero-order chi connectivity index (χ0) is 14.3. The molecule has 3 aromatic rings.